The lowest BCUT2D eigenvalue weighted by Crippen LogP contribution is -2.29. The van der Waals surface area contributed by atoms with Crippen LogP contribution in [0.4, 0.5) is 0 Å². The Balaban J connectivity index is 2.04. The van der Waals surface area contributed by atoms with Crippen LogP contribution in [-0.2, 0) is 19.1 Å². The SMILES string of the molecule is CC(=O)OCC1CN(C(C)c2ccccc2)CC1OC(C)=O. The highest BCUT2D eigenvalue weighted by atomic mass is 16.6. The van der Waals surface area contributed by atoms with E-state index in [1.54, 1.807) is 0 Å². The normalized spacial score (nSPS) is 23.0. The number of likely N-dealkylation sites (tertiary alicyclic amines) is 1. The van der Waals surface area contributed by atoms with Crippen molar-refractivity contribution >= 4 is 11.9 Å². The second-order valence-corrected chi connectivity index (χ2v) is 5.75. The van der Waals surface area contributed by atoms with Gasteiger partial charge in [0.25, 0.3) is 0 Å². The molecule has 3 unspecified atom stereocenters. The fourth-order valence-electron chi connectivity index (χ4n) is 2.86. The summed E-state index contributed by atoms with van der Waals surface area (Å²) in [5.41, 5.74) is 1.22. The van der Waals surface area contributed by atoms with Crippen molar-refractivity contribution in [1.29, 1.82) is 0 Å². The van der Waals surface area contributed by atoms with Crippen LogP contribution in [0.5, 0.6) is 0 Å². The van der Waals surface area contributed by atoms with Gasteiger partial charge in [-0.15, -0.1) is 0 Å². The van der Waals surface area contributed by atoms with Crippen LogP contribution in [0.15, 0.2) is 30.3 Å². The van der Waals surface area contributed by atoms with E-state index >= 15 is 0 Å². The highest BCUT2D eigenvalue weighted by molar-refractivity contribution is 5.66. The molecule has 22 heavy (non-hydrogen) atoms. The standard InChI is InChI=1S/C17H23NO4/c1-12(15-7-5-4-6-8-15)18-9-16(11-21-13(2)19)17(10-18)22-14(3)20/h4-8,12,16-17H,9-11H2,1-3H3. The molecule has 0 saturated carbocycles. The van der Waals surface area contributed by atoms with Crippen molar-refractivity contribution in [2.24, 2.45) is 5.92 Å². The van der Waals surface area contributed by atoms with Crippen molar-refractivity contribution in [2.45, 2.75) is 32.9 Å². The zero-order valence-corrected chi connectivity index (χ0v) is 13.3. The highest BCUT2D eigenvalue weighted by Gasteiger charge is 2.37. The van der Waals surface area contributed by atoms with Crippen LogP contribution in [0.2, 0.25) is 0 Å². The van der Waals surface area contributed by atoms with Gasteiger partial charge in [0.05, 0.1) is 6.61 Å². The zero-order valence-electron chi connectivity index (χ0n) is 13.3. The zero-order chi connectivity index (χ0) is 16.1. The first-order valence-electron chi connectivity index (χ1n) is 7.57. The molecular formula is C17H23NO4. The minimum Gasteiger partial charge on any atom is -0.465 e. The third kappa shape index (κ3) is 4.31. The van der Waals surface area contributed by atoms with Gasteiger partial charge in [-0.3, -0.25) is 14.5 Å². The summed E-state index contributed by atoms with van der Waals surface area (Å²) in [7, 11) is 0. The van der Waals surface area contributed by atoms with E-state index in [9.17, 15) is 9.59 Å². The maximum Gasteiger partial charge on any atom is 0.302 e. The molecule has 0 bridgehead atoms. The maximum atomic E-state index is 11.3. The second kappa shape index (κ2) is 7.40. The molecule has 1 fully saturated rings. The van der Waals surface area contributed by atoms with Gasteiger partial charge >= 0.3 is 11.9 Å². The van der Waals surface area contributed by atoms with Gasteiger partial charge in [-0.2, -0.15) is 0 Å². The number of ether oxygens (including phenoxy) is 2. The number of esters is 2. The number of carbonyl (C=O) groups is 2. The Labute approximate surface area is 131 Å². The van der Waals surface area contributed by atoms with Crippen LogP contribution in [0.25, 0.3) is 0 Å². The van der Waals surface area contributed by atoms with Crippen molar-refractivity contribution in [3.63, 3.8) is 0 Å². The van der Waals surface area contributed by atoms with Gasteiger partial charge in [0, 0.05) is 38.9 Å². The van der Waals surface area contributed by atoms with E-state index in [1.165, 1.54) is 19.4 Å². The molecule has 1 aromatic carbocycles. The lowest BCUT2D eigenvalue weighted by atomic mass is 10.1. The maximum absolute atomic E-state index is 11.3. The summed E-state index contributed by atoms with van der Waals surface area (Å²) in [5, 5.41) is 0. The highest BCUT2D eigenvalue weighted by Crippen LogP contribution is 2.29. The van der Waals surface area contributed by atoms with Crippen LogP contribution < -0.4 is 0 Å². The summed E-state index contributed by atoms with van der Waals surface area (Å²) in [6.07, 6.45) is -0.233. The molecule has 1 aromatic rings. The van der Waals surface area contributed by atoms with Crippen LogP contribution in [-0.4, -0.2) is 42.6 Å². The third-order valence-electron chi connectivity index (χ3n) is 4.06. The molecule has 0 aromatic heterocycles. The minimum atomic E-state index is -0.309. The molecule has 3 atom stereocenters. The van der Waals surface area contributed by atoms with Crippen molar-refractivity contribution in [2.75, 3.05) is 19.7 Å². The number of nitrogens with zero attached hydrogens (tertiary/aromatic N) is 1. The number of hydrogen-bond donors (Lipinski definition) is 0. The fourth-order valence-corrected chi connectivity index (χ4v) is 2.86. The number of carbonyl (C=O) groups excluding carboxylic acids is 2. The van der Waals surface area contributed by atoms with E-state index in [1.807, 2.05) is 18.2 Å². The smallest absolute Gasteiger partial charge is 0.302 e. The molecule has 1 heterocycles. The van der Waals surface area contributed by atoms with Crippen molar-refractivity contribution in [1.82, 2.24) is 4.90 Å². The number of benzene rings is 1. The summed E-state index contributed by atoms with van der Waals surface area (Å²) in [5.74, 6) is -0.595. The fraction of sp³-hybridized carbons (Fsp3) is 0.529. The molecule has 0 N–H and O–H groups in total. The molecule has 1 aliphatic rings. The molecule has 120 valence electrons. The first-order chi connectivity index (χ1) is 10.5. The van der Waals surface area contributed by atoms with E-state index in [-0.39, 0.29) is 36.6 Å². The monoisotopic (exact) mass is 305 g/mol. The lowest BCUT2D eigenvalue weighted by Gasteiger charge is -2.24. The van der Waals surface area contributed by atoms with Gasteiger partial charge in [0.15, 0.2) is 0 Å². The number of hydrogen-bond acceptors (Lipinski definition) is 5. The topological polar surface area (TPSA) is 55.8 Å². The van der Waals surface area contributed by atoms with Gasteiger partial charge in [0.1, 0.15) is 6.10 Å². The molecule has 0 amide bonds. The number of rotatable bonds is 5. The predicted molar refractivity (Wildman–Crippen MR) is 82.1 cm³/mol. The summed E-state index contributed by atoms with van der Waals surface area (Å²) < 4.78 is 10.5. The Morgan fingerprint density at radius 1 is 1.18 bits per heavy atom. The molecule has 2 rings (SSSR count). The molecule has 5 nitrogen and oxygen atoms in total. The summed E-state index contributed by atoms with van der Waals surface area (Å²) in [4.78, 5) is 24.6. The Bertz CT molecular complexity index is 517. The average Bonchev–Trinajstić information content (AvgIpc) is 2.87. The molecule has 5 heteroatoms. The van der Waals surface area contributed by atoms with Crippen molar-refractivity contribution in [3.05, 3.63) is 35.9 Å². The van der Waals surface area contributed by atoms with E-state index < -0.39 is 0 Å². The molecule has 1 saturated heterocycles. The minimum absolute atomic E-state index is 0.0129. The lowest BCUT2D eigenvalue weighted by molar-refractivity contribution is -0.150. The van der Waals surface area contributed by atoms with Crippen LogP contribution in [0.1, 0.15) is 32.4 Å². The Hall–Kier alpha value is -1.88. The van der Waals surface area contributed by atoms with Crippen LogP contribution in [0, 0.1) is 5.92 Å². The molecular weight excluding hydrogens is 282 g/mol. The van der Waals surface area contributed by atoms with E-state index in [2.05, 4.69) is 24.0 Å². The molecule has 0 aliphatic carbocycles. The third-order valence-corrected chi connectivity index (χ3v) is 4.06. The van der Waals surface area contributed by atoms with Crippen molar-refractivity contribution in [3.8, 4) is 0 Å². The van der Waals surface area contributed by atoms with Crippen molar-refractivity contribution < 1.29 is 19.1 Å². The van der Waals surface area contributed by atoms with Gasteiger partial charge in [-0.05, 0) is 12.5 Å². The Morgan fingerprint density at radius 3 is 2.45 bits per heavy atom. The van der Waals surface area contributed by atoms with Crippen LogP contribution >= 0.6 is 0 Å². The quantitative estimate of drug-likeness (QED) is 0.780. The van der Waals surface area contributed by atoms with Gasteiger partial charge in [-0.25, -0.2) is 0 Å². The van der Waals surface area contributed by atoms with Crippen LogP contribution in [0.3, 0.4) is 0 Å². The summed E-state index contributed by atoms with van der Waals surface area (Å²) in [6, 6.07) is 10.4. The summed E-state index contributed by atoms with van der Waals surface area (Å²) >= 11 is 0. The van der Waals surface area contributed by atoms with Gasteiger partial charge in [-0.1, -0.05) is 30.3 Å². The first kappa shape index (κ1) is 16.5. The molecule has 0 spiro atoms. The molecule has 1 aliphatic heterocycles. The summed E-state index contributed by atoms with van der Waals surface area (Å²) in [6.45, 7) is 6.61. The molecule has 0 radical (unpaired) electrons. The van der Waals surface area contributed by atoms with Gasteiger partial charge in [0.2, 0.25) is 0 Å². The van der Waals surface area contributed by atoms with E-state index in [0.29, 0.717) is 6.54 Å². The van der Waals surface area contributed by atoms with E-state index in [4.69, 9.17) is 9.47 Å². The largest absolute Gasteiger partial charge is 0.465 e. The second-order valence-electron chi connectivity index (χ2n) is 5.75. The average molecular weight is 305 g/mol. The first-order valence-corrected chi connectivity index (χ1v) is 7.57. The predicted octanol–water partition coefficient (Wildman–Crippen LogP) is 2.17. The van der Waals surface area contributed by atoms with E-state index in [0.717, 1.165) is 6.54 Å². The Kier molecular flexibility index (Phi) is 5.55. The Morgan fingerprint density at radius 2 is 1.86 bits per heavy atom. The van der Waals surface area contributed by atoms with Gasteiger partial charge < -0.3 is 9.47 Å².